The summed E-state index contributed by atoms with van der Waals surface area (Å²) in [6.45, 7) is 5.56. The van der Waals surface area contributed by atoms with Crippen molar-refractivity contribution in [3.05, 3.63) is 30.0 Å². The SMILES string of the molecule is CC(C)(C)C1NC(=O)OC2CC2CCCCCc2nc3ccccc3nc2OC2CC(C(=O)O)N(C2)C1=O. The standard InChI is InChI=1S/C28H36N4O6/c1-28(2,3)23-25(33)32-15-17(14-21(32)26(34)35)37-24-20(29-18-10-7-8-11-19(18)30-24)12-6-4-5-9-16-13-22(16)38-27(36)31-23/h7-8,10-11,16-17,21-23H,4-6,9,12-15H2,1-3H3,(H,31,36)(H,34,35). The molecule has 3 aliphatic rings. The Balaban J connectivity index is 1.46. The third kappa shape index (κ3) is 5.68. The number of para-hydroxylation sites is 2. The number of benzene rings is 1. The summed E-state index contributed by atoms with van der Waals surface area (Å²) in [6, 6.07) is 5.55. The van der Waals surface area contributed by atoms with E-state index in [1.165, 1.54) is 4.90 Å². The molecule has 2 amide bonds. The number of carbonyl (C=O) groups excluding carboxylic acids is 2. The topological polar surface area (TPSA) is 131 Å². The normalized spacial score (nSPS) is 28.7. The molecule has 5 rings (SSSR count). The van der Waals surface area contributed by atoms with Crippen molar-refractivity contribution in [2.45, 2.75) is 90.0 Å². The van der Waals surface area contributed by atoms with Crippen LogP contribution in [0.5, 0.6) is 5.88 Å². The summed E-state index contributed by atoms with van der Waals surface area (Å²) in [6.07, 6.45) is 4.17. The number of fused-ring (bicyclic) bond motifs is 5. The number of aryl methyl sites for hydroxylation is 1. The summed E-state index contributed by atoms with van der Waals surface area (Å²) in [5.41, 5.74) is 1.56. The van der Waals surface area contributed by atoms with Gasteiger partial charge in [-0.25, -0.2) is 19.6 Å². The second kappa shape index (κ2) is 10.4. The molecule has 5 unspecified atom stereocenters. The van der Waals surface area contributed by atoms with Gasteiger partial charge in [0.15, 0.2) is 0 Å². The van der Waals surface area contributed by atoms with Gasteiger partial charge in [0, 0.05) is 6.42 Å². The molecule has 2 aromatic rings. The van der Waals surface area contributed by atoms with Crippen LogP contribution in [-0.4, -0.2) is 68.8 Å². The first kappa shape index (κ1) is 26.2. The summed E-state index contributed by atoms with van der Waals surface area (Å²) in [5.74, 6) is -0.856. The Morgan fingerprint density at radius 2 is 1.79 bits per heavy atom. The Morgan fingerprint density at radius 1 is 1.05 bits per heavy atom. The van der Waals surface area contributed by atoms with Crippen molar-refractivity contribution in [3.8, 4) is 5.88 Å². The number of hydrogen-bond donors (Lipinski definition) is 2. The molecule has 1 saturated heterocycles. The molecule has 2 bridgehead atoms. The fraction of sp³-hybridized carbons (Fsp3) is 0.607. The van der Waals surface area contributed by atoms with E-state index in [0.29, 0.717) is 23.7 Å². The van der Waals surface area contributed by atoms with Crippen molar-refractivity contribution in [2.75, 3.05) is 6.54 Å². The molecule has 0 spiro atoms. The Morgan fingerprint density at radius 3 is 2.50 bits per heavy atom. The summed E-state index contributed by atoms with van der Waals surface area (Å²) in [7, 11) is 0. The Kier molecular flexibility index (Phi) is 7.15. The smallest absolute Gasteiger partial charge is 0.408 e. The van der Waals surface area contributed by atoms with Crippen LogP contribution in [0.4, 0.5) is 4.79 Å². The molecule has 2 aliphatic heterocycles. The van der Waals surface area contributed by atoms with E-state index in [2.05, 4.69) is 5.32 Å². The molecule has 5 atom stereocenters. The predicted octanol–water partition coefficient (Wildman–Crippen LogP) is 3.71. The van der Waals surface area contributed by atoms with Crippen molar-refractivity contribution >= 4 is 29.0 Å². The quantitative estimate of drug-likeness (QED) is 0.577. The van der Waals surface area contributed by atoms with Gasteiger partial charge in [0.1, 0.15) is 30.0 Å². The Bertz CT molecular complexity index is 1230. The minimum absolute atomic E-state index is 0.0672. The van der Waals surface area contributed by atoms with Gasteiger partial charge >= 0.3 is 12.1 Å². The van der Waals surface area contributed by atoms with E-state index in [1.54, 1.807) is 0 Å². The molecular formula is C28H36N4O6. The van der Waals surface area contributed by atoms with Crippen LogP contribution in [-0.2, 0) is 20.7 Å². The van der Waals surface area contributed by atoms with Crippen LogP contribution < -0.4 is 10.1 Å². The molecule has 10 nitrogen and oxygen atoms in total. The van der Waals surface area contributed by atoms with Crippen LogP contribution in [0.3, 0.4) is 0 Å². The van der Waals surface area contributed by atoms with E-state index in [4.69, 9.17) is 19.4 Å². The molecule has 204 valence electrons. The third-order valence-corrected chi connectivity index (χ3v) is 7.69. The van der Waals surface area contributed by atoms with Crippen molar-refractivity contribution < 1.29 is 29.0 Å². The number of carboxylic acids is 1. The molecule has 1 aliphatic carbocycles. The average molecular weight is 525 g/mol. The Hall–Kier alpha value is -3.43. The van der Waals surface area contributed by atoms with Crippen LogP contribution in [0.1, 0.15) is 65.0 Å². The number of rotatable bonds is 1. The van der Waals surface area contributed by atoms with Crippen molar-refractivity contribution in [1.29, 1.82) is 0 Å². The first-order valence-electron chi connectivity index (χ1n) is 13.5. The van der Waals surface area contributed by atoms with Crippen LogP contribution >= 0.6 is 0 Å². The number of nitrogens with one attached hydrogen (secondary N) is 1. The maximum Gasteiger partial charge on any atom is 0.408 e. The lowest BCUT2D eigenvalue weighted by atomic mass is 9.85. The van der Waals surface area contributed by atoms with Gasteiger partial charge in [-0.15, -0.1) is 0 Å². The number of ether oxygens (including phenoxy) is 2. The first-order valence-corrected chi connectivity index (χ1v) is 13.5. The maximum atomic E-state index is 13.7. The number of nitrogens with zero attached hydrogens (tertiary/aromatic N) is 3. The lowest BCUT2D eigenvalue weighted by Crippen LogP contribution is -2.57. The molecule has 2 fully saturated rings. The molecule has 10 heteroatoms. The second-order valence-electron chi connectivity index (χ2n) is 11.8. The average Bonchev–Trinajstić information content (AvgIpc) is 3.44. The van der Waals surface area contributed by atoms with Crippen LogP contribution in [0.15, 0.2) is 24.3 Å². The van der Waals surface area contributed by atoms with E-state index < -0.39 is 41.6 Å². The van der Waals surface area contributed by atoms with E-state index >= 15 is 0 Å². The Labute approximate surface area is 222 Å². The fourth-order valence-corrected chi connectivity index (χ4v) is 5.44. The summed E-state index contributed by atoms with van der Waals surface area (Å²) in [4.78, 5) is 49.5. The fourth-order valence-electron chi connectivity index (χ4n) is 5.44. The lowest BCUT2D eigenvalue weighted by Gasteiger charge is -2.34. The maximum absolute atomic E-state index is 13.7. The van der Waals surface area contributed by atoms with E-state index in [9.17, 15) is 19.5 Å². The van der Waals surface area contributed by atoms with Crippen LogP contribution in [0, 0.1) is 11.3 Å². The van der Waals surface area contributed by atoms with Gasteiger partial charge in [-0.2, -0.15) is 0 Å². The number of aliphatic carboxylic acids is 1. The molecule has 1 aromatic carbocycles. The van der Waals surface area contributed by atoms with E-state index in [1.807, 2.05) is 45.0 Å². The van der Waals surface area contributed by atoms with Gasteiger partial charge in [0.25, 0.3) is 0 Å². The van der Waals surface area contributed by atoms with Crippen molar-refractivity contribution in [2.24, 2.45) is 11.3 Å². The molecule has 3 heterocycles. The van der Waals surface area contributed by atoms with Crippen LogP contribution in [0.2, 0.25) is 0 Å². The predicted molar refractivity (Wildman–Crippen MR) is 139 cm³/mol. The molecule has 38 heavy (non-hydrogen) atoms. The van der Waals surface area contributed by atoms with Crippen molar-refractivity contribution in [1.82, 2.24) is 20.2 Å². The third-order valence-electron chi connectivity index (χ3n) is 7.69. The zero-order chi connectivity index (χ0) is 27.0. The van der Waals surface area contributed by atoms with E-state index in [-0.39, 0.29) is 19.1 Å². The van der Waals surface area contributed by atoms with Gasteiger partial charge in [-0.1, -0.05) is 45.7 Å². The number of hydrogen-bond acceptors (Lipinski definition) is 7. The monoisotopic (exact) mass is 524 g/mol. The van der Waals surface area contributed by atoms with E-state index in [0.717, 1.165) is 43.3 Å². The largest absolute Gasteiger partial charge is 0.480 e. The zero-order valence-electron chi connectivity index (χ0n) is 22.2. The van der Waals surface area contributed by atoms with Crippen LogP contribution in [0.25, 0.3) is 11.0 Å². The van der Waals surface area contributed by atoms with Gasteiger partial charge in [-0.3, -0.25) is 4.79 Å². The summed E-state index contributed by atoms with van der Waals surface area (Å²) >= 11 is 0. The lowest BCUT2D eigenvalue weighted by molar-refractivity contribution is -0.150. The molecule has 1 aromatic heterocycles. The highest BCUT2D eigenvalue weighted by atomic mass is 16.6. The summed E-state index contributed by atoms with van der Waals surface area (Å²) < 4.78 is 11.9. The van der Waals surface area contributed by atoms with Crippen molar-refractivity contribution in [3.63, 3.8) is 0 Å². The zero-order valence-corrected chi connectivity index (χ0v) is 22.2. The van der Waals surface area contributed by atoms with Gasteiger partial charge in [0.2, 0.25) is 11.8 Å². The number of carbonyl (C=O) groups is 3. The van der Waals surface area contributed by atoms with Gasteiger partial charge < -0.3 is 24.8 Å². The van der Waals surface area contributed by atoms with Gasteiger partial charge in [-0.05, 0) is 49.1 Å². The summed E-state index contributed by atoms with van der Waals surface area (Å²) in [5, 5.41) is 12.7. The highest BCUT2D eigenvalue weighted by molar-refractivity contribution is 5.90. The minimum Gasteiger partial charge on any atom is -0.480 e. The number of alkyl carbamates (subject to hydrolysis) is 1. The number of aromatic nitrogens is 2. The highest BCUT2D eigenvalue weighted by Crippen LogP contribution is 2.38. The number of carboxylic acid groups (broad SMARTS) is 1. The number of amides is 2. The van der Waals surface area contributed by atoms with Gasteiger partial charge in [0.05, 0.1) is 17.6 Å². The molecular weight excluding hydrogens is 488 g/mol. The molecule has 0 radical (unpaired) electrons. The molecule has 1 saturated carbocycles. The molecule has 2 N–H and O–H groups in total. The first-order chi connectivity index (χ1) is 18.1. The highest BCUT2D eigenvalue weighted by Gasteiger charge is 2.47. The second-order valence-corrected chi connectivity index (χ2v) is 11.8. The minimum atomic E-state index is -1.11.